The molecule has 0 bridgehead atoms. The zero-order chi connectivity index (χ0) is 23.0. The molecule has 0 radical (unpaired) electrons. The Morgan fingerprint density at radius 1 is 1.03 bits per heavy atom. The van der Waals surface area contributed by atoms with Gasteiger partial charge in [-0.2, -0.15) is 4.31 Å². The smallest absolute Gasteiger partial charge is 0.325 e. The zero-order valence-electron chi connectivity index (χ0n) is 18.3. The van der Waals surface area contributed by atoms with Crippen molar-refractivity contribution in [1.82, 2.24) is 4.31 Å². The number of nitrogens with zero attached hydrogens (tertiary/aromatic N) is 1. The van der Waals surface area contributed by atoms with Gasteiger partial charge in [-0.3, -0.25) is 14.4 Å². The van der Waals surface area contributed by atoms with Crippen LogP contribution < -0.4 is 0 Å². The average Bonchev–Trinajstić information content (AvgIpc) is 3.03. The second-order valence-corrected chi connectivity index (χ2v) is 10.2. The van der Waals surface area contributed by atoms with Crippen LogP contribution in [0.5, 0.6) is 0 Å². The number of hydrogen-bond donors (Lipinski definition) is 0. The molecule has 1 saturated carbocycles. The quantitative estimate of drug-likeness (QED) is 0.482. The first-order chi connectivity index (χ1) is 14.6. The lowest BCUT2D eigenvalue weighted by Crippen LogP contribution is -2.55. The third-order valence-electron chi connectivity index (χ3n) is 6.60. The summed E-state index contributed by atoms with van der Waals surface area (Å²) in [5.41, 5.74) is -0.993. The molecule has 1 aromatic carbocycles. The van der Waals surface area contributed by atoms with Gasteiger partial charge < -0.3 is 9.47 Å². The number of Topliss-reactive ketones (excluding diaryl/α,β-unsaturated/α-hetero) is 1. The number of fused-ring (bicyclic) bond motifs is 1. The van der Waals surface area contributed by atoms with Crippen molar-refractivity contribution in [3.8, 4) is 0 Å². The Balaban J connectivity index is 2.28. The lowest BCUT2D eigenvalue weighted by Gasteiger charge is -2.35. The number of ketones is 1. The maximum Gasteiger partial charge on any atom is 0.325 e. The van der Waals surface area contributed by atoms with Gasteiger partial charge in [-0.1, -0.05) is 30.5 Å². The molecule has 1 aromatic rings. The molecule has 3 rings (SSSR count). The van der Waals surface area contributed by atoms with E-state index in [1.807, 2.05) is 6.92 Å². The highest BCUT2D eigenvalue weighted by Crippen LogP contribution is 2.55. The van der Waals surface area contributed by atoms with Crippen LogP contribution in [0, 0.1) is 18.3 Å². The standard InChI is InChI=1S/C22H29NO7S/c1-14-9-11-16(12-10-14)31(27,28)23-18-8-6-5-7-17(18)22(20(25)29-3,21(26)30-4)19(23)13-15(2)24/h9-12,17-19H,5-8,13H2,1-4H3/t17?,18?,19-/m1/s1. The van der Waals surface area contributed by atoms with E-state index in [1.165, 1.54) is 23.4 Å². The lowest BCUT2D eigenvalue weighted by atomic mass is 9.66. The molecule has 170 valence electrons. The number of ether oxygens (including phenoxy) is 2. The van der Waals surface area contributed by atoms with Gasteiger partial charge in [0.2, 0.25) is 10.0 Å². The van der Waals surface area contributed by atoms with Crippen molar-refractivity contribution < 1.29 is 32.3 Å². The number of sulfonamides is 1. The number of rotatable bonds is 6. The summed E-state index contributed by atoms with van der Waals surface area (Å²) in [6.07, 6.45) is 2.15. The van der Waals surface area contributed by atoms with Crippen molar-refractivity contribution in [3.63, 3.8) is 0 Å². The monoisotopic (exact) mass is 451 g/mol. The zero-order valence-corrected chi connectivity index (χ0v) is 19.1. The van der Waals surface area contributed by atoms with Gasteiger partial charge in [0, 0.05) is 18.4 Å². The summed E-state index contributed by atoms with van der Waals surface area (Å²) in [4.78, 5) is 38.7. The predicted octanol–water partition coefficient (Wildman–Crippen LogP) is 2.24. The summed E-state index contributed by atoms with van der Waals surface area (Å²) in [5, 5.41) is 0. The molecule has 0 amide bonds. The van der Waals surface area contributed by atoms with E-state index in [-0.39, 0.29) is 17.1 Å². The first-order valence-corrected chi connectivity index (χ1v) is 11.8. The molecule has 1 aliphatic carbocycles. The molecule has 1 heterocycles. The summed E-state index contributed by atoms with van der Waals surface area (Å²) in [6.45, 7) is 3.17. The molecule has 8 nitrogen and oxygen atoms in total. The lowest BCUT2D eigenvalue weighted by molar-refractivity contribution is -0.174. The summed E-state index contributed by atoms with van der Waals surface area (Å²) in [5.74, 6) is -2.68. The van der Waals surface area contributed by atoms with Crippen molar-refractivity contribution in [2.45, 2.75) is 62.9 Å². The number of benzene rings is 1. The van der Waals surface area contributed by atoms with Gasteiger partial charge in [0.15, 0.2) is 5.41 Å². The third-order valence-corrected chi connectivity index (χ3v) is 8.55. The van der Waals surface area contributed by atoms with Gasteiger partial charge in [-0.25, -0.2) is 8.42 Å². The number of esters is 2. The molecule has 3 atom stereocenters. The Bertz CT molecular complexity index is 954. The van der Waals surface area contributed by atoms with Gasteiger partial charge in [0.05, 0.1) is 25.2 Å². The minimum absolute atomic E-state index is 0.0570. The van der Waals surface area contributed by atoms with Gasteiger partial charge in [-0.15, -0.1) is 0 Å². The largest absolute Gasteiger partial charge is 0.468 e. The topological polar surface area (TPSA) is 107 Å². The molecule has 2 aliphatic rings. The van der Waals surface area contributed by atoms with E-state index in [2.05, 4.69) is 0 Å². The van der Waals surface area contributed by atoms with Gasteiger partial charge >= 0.3 is 11.9 Å². The molecule has 0 N–H and O–H groups in total. The van der Waals surface area contributed by atoms with Gasteiger partial charge in [0.25, 0.3) is 0 Å². The Labute approximate surface area is 182 Å². The van der Waals surface area contributed by atoms with E-state index in [9.17, 15) is 22.8 Å². The molecular formula is C22H29NO7S. The normalized spacial score (nSPS) is 25.5. The van der Waals surface area contributed by atoms with Crippen molar-refractivity contribution >= 4 is 27.7 Å². The van der Waals surface area contributed by atoms with Crippen LogP contribution in [-0.2, 0) is 33.9 Å². The number of carbonyl (C=O) groups is 3. The Hall–Kier alpha value is -2.26. The molecule has 31 heavy (non-hydrogen) atoms. The van der Waals surface area contributed by atoms with Gasteiger partial charge in [0.1, 0.15) is 5.78 Å². The fourth-order valence-corrected chi connectivity index (χ4v) is 7.23. The summed E-state index contributed by atoms with van der Waals surface area (Å²) >= 11 is 0. The number of aryl methyl sites for hydroxylation is 1. The average molecular weight is 452 g/mol. The third kappa shape index (κ3) is 3.67. The molecule has 1 saturated heterocycles. The highest BCUT2D eigenvalue weighted by Gasteiger charge is 2.71. The van der Waals surface area contributed by atoms with E-state index in [0.29, 0.717) is 12.8 Å². The molecule has 2 fully saturated rings. The molecule has 1 aliphatic heterocycles. The first kappa shape index (κ1) is 23.4. The van der Waals surface area contributed by atoms with E-state index in [0.717, 1.165) is 32.6 Å². The Morgan fingerprint density at radius 2 is 1.58 bits per heavy atom. The molecule has 2 unspecified atom stereocenters. The van der Waals surface area contributed by atoms with Crippen LogP contribution in [0.15, 0.2) is 29.2 Å². The van der Waals surface area contributed by atoms with Crippen LogP contribution >= 0.6 is 0 Å². The highest BCUT2D eigenvalue weighted by molar-refractivity contribution is 7.89. The number of hydrogen-bond acceptors (Lipinski definition) is 7. The van der Waals surface area contributed by atoms with Crippen molar-refractivity contribution in [2.24, 2.45) is 11.3 Å². The first-order valence-electron chi connectivity index (χ1n) is 10.4. The van der Waals surface area contributed by atoms with Crippen LogP contribution in [0.1, 0.15) is 44.6 Å². The maximum atomic E-state index is 13.8. The summed E-state index contributed by atoms with van der Waals surface area (Å²) in [7, 11) is -1.79. The minimum atomic E-state index is -4.11. The SMILES string of the molecule is COC(=O)C1(C(=O)OC)C2CCCCC2N(S(=O)(=O)c2ccc(C)cc2)[C@@H]1CC(C)=O. The fourth-order valence-electron chi connectivity index (χ4n) is 5.32. The van der Waals surface area contributed by atoms with Crippen molar-refractivity contribution in [1.29, 1.82) is 0 Å². The van der Waals surface area contributed by atoms with E-state index in [1.54, 1.807) is 12.1 Å². The van der Waals surface area contributed by atoms with Gasteiger partial charge in [-0.05, 0) is 38.8 Å². The van der Waals surface area contributed by atoms with E-state index >= 15 is 0 Å². The highest BCUT2D eigenvalue weighted by atomic mass is 32.2. The number of methoxy groups -OCH3 is 2. The van der Waals surface area contributed by atoms with Crippen LogP contribution in [0.3, 0.4) is 0 Å². The van der Waals surface area contributed by atoms with Crippen molar-refractivity contribution in [2.75, 3.05) is 14.2 Å². The second-order valence-electron chi connectivity index (χ2n) is 8.38. The summed E-state index contributed by atoms with van der Waals surface area (Å²) in [6, 6.07) is 4.56. The van der Waals surface area contributed by atoms with Crippen molar-refractivity contribution in [3.05, 3.63) is 29.8 Å². The van der Waals surface area contributed by atoms with Crippen LogP contribution in [0.4, 0.5) is 0 Å². The van der Waals surface area contributed by atoms with Crippen LogP contribution in [0.25, 0.3) is 0 Å². The molecule has 0 spiro atoms. The summed E-state index contributed by atoms with van der Waals surface area (Å²) < 4.78 is 38.9. The maximum absolute atomic E-state index is 13.8. The molecule has 0 aromatic heterocycles. The predicted molar refractivity (Wildman–Crippen MR) is 112 cm³/mol. The molecule has 9 heteroatoms. The fraction of sp³-hybridized carbons (Fsp3) is 0.591. The minimum Gasteiger partial charge on any atom is -0.468 e. The second kappa shape index (κ2) is 8.70. The Kier molecular flexibility index (Phi) is 6.57. The number of carbonyl (C=O) groups excluding carboxylic acids is 3. The van der Waals surface area contributed by atoms with E-state index in [4.69, 9.17) is 9.47 Å². The van der Waals surface area contributed by atoms with Crippen LogP contribution in [-0.4, -0.2) is 56.7 Å². The van der Waals surface area contributed by atoms with E-state index < -0.39 is 45.4 Å². The molecular weight excluding hydrogens is 422 g/mol. The van der Waals surface area contributed by atoms with Crippen LogP contribution in [0.2, 0.25) is 0 Å². The Morgan fingerprint density at radius 3 is 2.10 bits per heavy atom.